The Morgan fingerprint density at radius 3 is 2.71 bits per heavy atom. The maximum absolute atomic E-state index is 11.6. The maximum atomic E-state index is 11.6. The second-order valence-electron chi connectivity index (χ2n) is 5.67. The van der Waals surface area contributed by atoms with Gasteiger partial charge in [0.25, 0.3) is 0 Å². The van der Waals surface area contributed by atoms with Crippen LogP contribution >= 0.6 is 0 Å². The summed E-state index contributed by atoms with van der Waals surface area (Å²) < 4.78 is 0. The Bertz CT molecular complexity index is 411. The number of aliphatic carboxylic acids is 1. The number of Topliss-reactive ketones (excluding diaryl/α,β-unsaturated/α-hetero) is 1. The van der Waals surface area contributed by atoms with E-state index in [4.69, 9.17) is 10.2 Å². The highest BCUT2D eigenvalue weighted by molar-refractivity contribution is 5.82. The molecule has 1 aliphatic carbocycles. The number of hydrogen-bond donors (Lipinski definition) is 3. The Hall–Kier alpha value is -1.46. The summed E-state index contributed by atoms with van der Waals surface area (Å²) in [5.74, 6) is -1.30. The van der Waals surface area contributed by atoms with Crippen molar-refractivity contribution in [1.29, 1.82) is 0 Å². The zero-order valence-corrected chi connectivity index (χ0v) is 12.3. The molecule has 0 amide bonds. The molecule has 0 unspecified atom stereocenters. The van der Waals surface area contributed by atoms with Gasteiger partial charge in [-0.2, -0.15) is 0 Å². The van der Waals surface area contributed by atoms with E-state index in [9.17, 15) is 14.7 Å². The maximum Gasteiger partial charge on any atom is 0.328 e. The Labute approximate surface area is 125 Å². The van der Waals surface area contributed by atoms with E-state index in [0.717, 1.165) is 25.3 Å². The molecule has 1 aliphatic rings. The summed E-state index contributed by atoms with van der Waals surface area (Å²) in [5.41, 5.74) is 0. The van der Waals surface area contributed by atoms with Crippen molar-refractivity contribution >= 4 is 11.8 Å². The smallest absolute Gasteiger partial charge is 0.328 e. The molecule has 118 valence electrons. The number of carbonyl (C=O) groups is 2. The normalized spacial score (nSPS) is 25.8. The first-order valence-electron chi connectivity index (χ1n) is 7.35. The molecule has 0 bridgehead atoms. The molecule has 1 saturated carbocycles. The summed E-state index contributed by atoms with van der Waals surface area (Å²) in [7, 11) is 0. The Kier molecular flexibility index (Phi) is 7.32. The first kappa shape index (κ1) is 17.6. The number of aliphatic hydroxyl groups excluding tert-OH is 2. The number of ketones is 1. The molecular formula is C16H24O5. The van der Waals surface area contributed by atoms with Crippen LogP contribution in [0.15, 0.2) is 24.3 Å². The van der Waals surface area contributed by atoms with Gasteiger partial charge in [-0.1, -0.05) is 12.2 Å². The van der Waals surface area contributed by atoms with E-state index in [1.807, 2.05) is 12.2 Å². The van der Waals surface area contributed by atoms with Gasteiger partial charge < -0.3 is 15.3 Å². The molecule has 0 aromatic carbocycles. The summed E-state index contributed by atoms with van der Waals surface area (Å²) in [5, 5.41) is 27.7. The third-order valence-electron chi connectivity index (χ3n) is 3.73. The van der Waals surface area contributed by atoms with Crippen molar-refractivity contribution in [2.24, 2.45) is 11.8 Å². The highest BCUT2D eigenvalue weighted by Crippen LogP contribution is 2.33. The van der Waals surface area contributed by atoms with Crippen LogP contribution in [-0.2, 0) is 9.59 Å². The number of allylic oxidation sites excluding steroid dienone is 2. The number of unbranched alkanes of at least 4 members (excludes halogenated alkanes) is 1. The van der Waals surface area contributed by atoms with Crippen molar-refractivity contribution in [2.45, 2.75) is 51.2 Å². The second kappa shape index (κ2) is 8.74. The van der Waals surface area contributed by atoms with Crippen LogP contribution in [0.5, 0.6) is 0 Å². The molecule has 0 radical (unpaired) electrons. The van der Waals surface area contributed by atoms with Crippen molar-refractivity contribution in [3.63, 3.8) is 0 Å². The van der Waals surface area contributed by atoms with Gasteiger partial charge in [-0.3, -0.25) is 4.79 Å². The zero-order valence-electron chi connectivity index (χ0n) is 12.3. The molecule has 4 atom stereocenters. The van der Waals surface area contributed by atoms with Gasteiger partial charge in [0.15, 0.2) is 0 Å². The predicted molar refractivity (Wildman–Crippen MR) is 78.7 cm³/mol. The zero-order chi connectivity index (χ0) is 15.8. The lowest BCUT2D eigenvalue weighted by Gasteiger charge is -2.19. The highest BCUT2D eigenvalue weighted by atomic mass is 16.4. The molecule has 1 rings (SSSR count). The second-order valence-corrected chi connectivity index (χ2v) is 5.67. The average molecular weight is 296 g/mol. The predicted octanol–water partition coefficient (Wildman–Crippen LogP) is 1.69. The van der Waals surface area contributed by atoms with Crippen LogP contribution in [-0.4, -0.2) is 39.3 Å². The van der Waals surface area contributed by atoms with Gasteiger partial charge in [-0.05, 0) is 38.2 Å². The molecule has 0 aromatic rings. The minimum Gasteiger partial charge on any atom is -0.478 e. The van der Waals surface area contributed by atoms with Gasteiger partial charge in [0.1, 0.15) is 5.78 Å². The summed E-state index contributed by atoms with van der Waals surface area (Å²) in [6.45, 7) is 1.75. The van der Waals surface area contributed by atoms with Gasteiger partial charge >= 0.3 is 5.97 Å². The van der Waals surface area contributed by atoms with Crippen LogP contribution < -0.4 is 0 Å². The molecule has 5 heteroatoms. The number of carboxylic acids is 1. The van der Waals surface area contributed by atoms with Crippen LogP contribution in [0.3, 0.4) is 0 Å². The number of aliphatic hydroxyl groups is 2. The van der Waals surface area contributed by atoms with Gasteiger partial charge in [0.2, 0.25) is 0 Å². The van der Waals surface area contributed by atoms with Crippen LogP contribution in [0.2, 0.25) is 0 Å². The van der Waals surface area contributed by atoms with E-state index in [2.05, 4.69) is 0 Å². The average Bonchev–Trinajstić information content (AvgIpc) is 2.76. The van der Waals surface area contributed by atoms with Crippen LogP contribution in [0.4, 0.5) is 0 Å². The Morgan fingerprint density at radius 2 is 2.10 bits per heavy atom. The van der Waals surface area contributed by atoms with Crippen molar-refractivity contribution < 1.29 is 24.9 Å². The summed E-state index contributed by atoms with van der Waals surface area (Å²) in [6.07, 6.45) is 7.97. The van der Waals surface area contributed by atoms with Crippen molar-refractivity contribution in [1.82, 2.24) is 0 Å². The Morgan fingerprint density at radius 1 is 1.38 bits per heavy atom. The molecule has 0 heterocycles. The largest absolute Gasteiger partial charge is 0.478 e. The van der Waals surface area contributed by atoms with Crippen molar-refractivity contribution in [2.75, 3.05) is 0 Å². The standard InChI is InChI=1S/C16H24O5/c1-11(17)5-3-2-4-6-12-9-13(18)10-14(12)15(19)7-8-16(20)21/h4,6-8,11-12,14-15,17,19H,2-3,5,9-10H2,1H3,(H,20,21)/b6-4+,8-7+/t11-,12+,14+,15+/m1/s1. The first-order valence-corrected chi connectivity index (χ1v) is 7.35. The summed E-state index contributed by atoms with van der Waals surface area (Å²) in [6, 6.07) is 0. The van der Waals surface area contributed by atoms with E-state index < -0.39 is 12.1 Å². The third-order valence-corrected chi connectivity index (χ3v) is 3.73. The molecule has 5 nitrogen and oxygen atoms in total. The number of rotatable bonds is 8. The molecular weight excluding hydrogens is 272 g/mol. The first-order chi connectivity index (χ1) is 9.90. The van der Waals surface area contributed by atoms with Crippen LogP contribution in [0, 0.1) is 11.8 Å². The SMILES string of the molecule is C[C@@H](O)CCC/C=C/[C@H]1CC(=O)C[C@@H]1[C@@H](O)/C=C/C(=O)O. The number of hydrogen-bond acceptors (Lipinski definition) is 4. The van der Waals surface area contributed by atoms with E-state index in [0.29, 0.717) is 6.42 Å². The molecule has 0 saturated heterocycles. The van der Waals surface area contributed by atoms with Crippen LogP contribution in [0.1, 0.15) is 39.0 Å². The molecule has 3 N–H and O–H groups in total. The monoisotopic (exact) mass is 296 g/mol. The fraction of sp³-hybridized carbons (Fsp3) is 0.625. The minimum absolute atomic E-state index is 0.0440. The summed E-state index contributed by atoms with van der Waals surface area (Å²) in [4.78, 5) is 22.0. The number of carboxylic acid groups (broad SMARTS) is 1. The molecule has 0 aliphatic heterocycles. The number of carbonyl (C=O) groups excluding carboxylic acids is 1. The molecule has 0 spiro atoms. The van der Waals surface area contributed by atoms with Crippen molar-refractivity contribution in [3.8, 4) is 0 Å². The third kappa shape index (κ3) is 6.69. The fourth-order valence-electron chi connectivity index (χ4n) is 2.62. The van der Waals surface area contributed by atoms with Crippen molar-refractivity contribution in [3.05, 3.63) is 24.3 Å². The Balaban J connectivity index is 2.52. The van der Waals surface area contributed by atoms with Crippen LogP contribution in [0.25, 0.3) is 0 Å². The van der Waals surface area contributed by atoms with Gasteiger partial charge in [0, 0.05) is 24.8 Å². The van der Waals surface area contributed by atoms with Gasteiger partial charge in [-0.25, -0.2) is 4.79 Å². The topological polar surface area (TPSA) is 94.8 Å². The van der Waals surface area contributed by atoms with E-state index in [1.165, 1.54) is 6.08 Å². The highest BCUT2D eigenvalue weighted by Gasteiger charge is 2.35. The molecule has 1 fully saturated rings. The van der Waals surface area contributed by atoms with Gasteiger partial charge in [0.05, 0.1) is 12.2 Å². The lowest BCUT2D eigenvalue weighted by Crippen LogP contribution is -2.21. The molecule has 0 aromatic heterocycles. The van der Waals surface area contributed by atoms with E-state index in [1.54, 1.807) is 6.92 Å². The lowest BCUT2D eigenvalue weighted by atomic mass is 9.90. The lowest BCUT2D eigenvalue weighted by molar-refractivity contribution is -0.131. The minimum atomic E-state index is -1.11. The summed E-state index contributed by atoms with van der Waals surface area (Å²) >= 11 is 0. The van der Waals surface area contributed by atoms with E-state index >= 15 is 0 Å². The van der Waals surface area contributed by atoms with E-state index in [-0.39, 0.29) is 30.1 Å². The fourth-order valence-corrected chi connectivity index (χ4v) is 2.62. The quantitative estimate of drug-likeness (QED) is 0.360. The molecule has 21 heavy (non-hydrogen) atoms. The van der Waals surface area contributed by atoms with Gasteiger partial charge in [-0.15, -0.1) is 0 Å².